The maximum absolute atomic E-state index is 13.0. The number of benzene rings is 1. The first-order chi connectivity index (χ1) is 10.7. The maximum atomic E-state index is 13.0. The highest BCUT2D eigenvalue weighted by Crippen LogP contribution is 2.20. The van der Waals surface area contributed by atoms with E-state index in [1.807, 2.05) is 0 Å². The van der Waals surface area contributed by atoms with Crippen LogP contribution in [0.5, 0.6) is 0 Å². The highest BCUT2D eigenvalue weighted by molar-refractivity contribution is 5.89. The summed E-state index contributed by atoms with van der Waals surface area (Å²) in [4.78, 5) is 12.1. The molecule has 1 aliphatic heterocycles. The van der Waals surface area contributed by atoms with Crippen LogP contribution < -0.4 is 5.32 Å². The Morgan fingerprint density at radius 2 is 2.13 bits per heavy atom. The zero-order valence-corrected chi connectivity index (χ0v) is 13.7. The van der Waals surface area contributed by atoms with E-state index in [-0.39, 0.29) is 24.2 Å². The van der Waals surface area contributed by atoms with Crippen LogP contribution in [0.25, 0.3) is 0 Å². The molecule has 1 aliphatic rings. The zero-order chi connectivity index (χ0) is 15.5. The van der Waals surface area contributed by atoms with Crippen molar-refractivity contribution >= 4 is 18.4 Å². The van der Waals surface area contributed by atoms with Crippen molar-refractivity contribution in [3.05, 3.63) is 52.6 Å². The van der Waals surface area contributed by atoms with E-state index in [9.17, 15) is 9.18 Å². The molecule has 0 bridgehead atoms. The molecular formula is C16H19ClFN3O2. The quantitative estimate of drug-likeness (QED) is 0.869. The van der Waals surface area contributed by atoms with E-state index in [1.54, 1.807) is 23.7 Å². The summed E-state index contributed by atoms with van der Waals surface area (Å²) in [6, 6.07) is 6.30. The van der Waals surface area contributed by atoms with Crippen molar-refractivity contribution in [1.82, 2.24) is 15.1 Å². The number of carbonyl (C=O) groups is 1. The number of carbonyl (C=O) groups excluding carboxylic acids is 1. The third kappa shape index (κ3) is 3.71. The Morgan fingerprint density at radius 1 is 1.39 bits per heavy atom. The fourth-order valence-electron chi connectivity index (χ4n) is 2.67. The first-order valence-corrected chi connectivity index (χ1v) is 7.40. The SMILES string of the molecule is CCOC(=O)c1nn(Cc2ccc(F)cc2)c2c1CCNC2.Cl. The van der Waals surface area contributed by atoms with Gasteiger partial charge in [0.05, 0.1) is 18.8 Å². The van der Waals surface area contributed by atoms with Crippen molar-refractivity contribution < 1.29 is 13.9 Å². The number of ether oxygens (including phenoxy) is 1. The van der Waals surface area contributed by atoms with Crippen LogP contribution in [0.15, 0.2) is 24.3 Å². The Labute approximate surface area is 140 Å². The highest BCUT2D eigenvalue weighted by atomic mass is 35.5. The second-order valence-electron chi connectivity index (χ2n) is 5.21. The molecule has 0 aliphatic carbocycles. The Morgan fingerprint density at radius 3 is 2.83 bits per heavy atom. The maximum Gasteiger partial charge on any atom is 0.359 e. The molecule has 5 nitrogen and oxygen atoms in total. The fraction of sp³-hybridized carbons (Fsp3) is 0.375. The third-order valence-corrected chi connectivity index (χ3v) is 3.73. The number of nitrogens with zero attached hydrogens (tertiary/aromatic N) is 2. The van der Waals surface area contributed by atoms with Crippen LogP contribution in [-0.4, -0.2) is 28.9 Å². The van der Waals surface area contributed by atoms with Gasteiger partial charge in [-0.05, 0) is 37.6 Å². The Hall–Kier alpha value is -1.92. The van der Waals surface area contributed by atoms with Crippen molar-refractivity contribution in [2.75, 3.05) is 13.2 Å². The number of hydrogen-bond acceptors (Lipinski definition) is 4. The first kappa shape index (κ1) is 17.4. The molecule has 1 aromatic heterocycles. The smallest absolute Gasteiger partial charge is 0.359 e. The van der Waals surface area contributed by atoms with Gasteiger partial charge < -0.3 is 10.1 Å². The van der Waals surface area contributed by atoms with E-state index < -0.39 is 0 Å². The van der Waals surface area contributed by atoms with Gasteiger partial charge in [0.15, 0.2) is 5.69 Å². The molecule has 0 spiro atoms. The molecule has 2 heterocycles. The van der Waals surface area contributed by atoms with Crippen molar-refractivity contribution in [2.45, 2.75) is 26.4 Å². The van der Waals surface area contributed by atoms with E-state index in [0.717, 1.165) is 29.8 Å². The first-order valence-electron chi connectivity index (χ1n) is 7.40. The molecule has 0 saturated heterocycles. The Balaban J connectivity index is 0.00000192. The molecule has 1 N–H and O–H groups in total. The number of esters is 1. The molecule has 2 aromatic rings. The lowest BCUT2D eigenvalue weighted by Gasteiger charge is -2.15. The number of halogens is 2. The summed E-state index contributed by atoms with van der Waals surface area (Å²) in [5.41, 5.74) is 3.30. The molecule has 0 radical (unpaired) electrons. The van der Waals surface area contributed by atoms with Crippen molar-refractivity contribution in [2.24, 2.45) is 0 Å². The van der Waals surface area contributed by atoms with Gasteiger partial charge in [-0.15, -0.1) is 12.4 Å². The molecule has 3 rings (SSSR count). The van der Waals surface area contributed by atoms with Crippen LogP contribution in [0, 0.1) is 5.82 Å². The highest BCUT2D eigenvalue weighted by Gasteiger charge is 2.25. The summed E-state index contributed by atoms with van der Waals surface area (Å²) in [6.07, 6.45) is 0.757. The molecule has 0 atom stereocenters. The summed E-state index contributed by atoms with van der Waals surface area (Å²) >= 11 is 0. The van der Waals surface area contributed by atoms with Gasteiger partial charge in [0.1, 0.15) is 5.82 Å². The molecule has 0 saturated carbocycles. The molecule has 23 heavy (non-hydrogen) atoms. The van der Waals surface area contributed by atoms with Crippen LogP contribution in [0.1, 0.15) is 34.2 Å². The normalized spacial score (nSPS) is 13.1. The van der Waals surface area contributed by atoms with Crippen LogP contribution in [0.4, 0.5) is 4.39 Å². The van der Waals surface area contributed by atoms with E-state index in [4.69, 9.17) is 4.74 Å². The number of aromatic nitrogens is 2. The van der Waals surface area contributed by atoms with Crippen LogP contribution >= 0.6 is 12.4 Å². The van der Waals surface area contributed by atoms with E-state index in [0.29, 0.717) is 25.4 Å². The average molecular weight is 340 g/mol. The van der Waals surface area contributed by atoms with Crippen LogP contribution in [0.2, 0.25) is 0 Å². The van der Waals surface area contributed by atoms with Crippen molar-refractivity contribution in [3.63, 3.8) is 0 Å². The topological polar surface area (TPSA) is 56.1 Å². The fourth-order valence-corrected chi connectivity index (χ4v) is 2.67. The van der Waals surface area contributed by atoms with Crippen LogP contribution in [0.3, 0.4) is 0 Å². The summed E-state index contributed by atoms with van der Waals surface area (Å²) in [5, 5.41) is 7.72. The van der Waals surface area contributed by atoms with Gasteiger partial charge in [-0.2, -0.15) is 5.10 Å². The molecule has 7 heteroatoms. The number of rotatable bonds is 4. The van der Waals surface area contributed by atoms with Gasteiger partial charge in [0, 0.05) is 12.1 Å². The second kappa shape index (κ2) is 7.57. The summed E-state index contributed by atoms with van der Waals surface area (Å²) in [6.45, 7) is 4.10. The van der Waals surface area contributed by atoms with E-state index >= 15 is 0 Å². The van der Waals surface area contributed by atoms with Gasteiger partial charge in [0.25, 0.3) is 0 Å². The lowest BCUT2D eigenvalue weighted by Crippen LogP contribution is -2.26. The standard InChI is InChI=1S/C16H18FN3O2.ClH/c1-2-22-16(21)15-13-7-8-18-9-14(13)20(19-15)10-11-3-5-12(17)6-4-11;/h3-6,18H,2,7-10H2,1H3;1H. The average Bonchev–Trinajstić information content (AvgIpc) is 2.89. The molecule has 124 valence electrons. The van der Waals surface area contributed by atoms with E-state index in [1.165, 1.54) is 12.1 Å². The minimum atomic E-state index is -0.376. The lowest BCUT2D eigenvalue weighted by molar-refractivity contribution is 0.0517. The Kier molecular flexibility index (Phi) is 5.74. The zero-order valence-electron chi connectivity index (χ0n) is 12.8. The third-order valence-electron chi connectivity index (χ3n) is 3.73. The van der Waals surface area contributed by atoms with E-state index in [2.05, 4.69) is 10.4 Å². The number of hydrogen-bond donors (Lipinski definition) is 1. The second-order valence-corrected chi connectivity index (χ2v) is 5.21. The van der Waals surface area contributed by atoms with Crippen molar-refractivity contribution in [1.29, 1.82) is 0 Å². The number of fused-ring (bicyclic) bond motifs is 1. The van der Waals surface area contributed by atoms with Gasteiger partial charge in [-0.3, -0.25) is 4.68 Å². The summed E-state index contributed by atoms with van der Waals surface area (Å²) < 4.78 is 19.9. The largest absolute Gasteiger partial charge is 0.461 e. The Bertz CT molecular complexity index is 685. The predicted octanol–water partition coefficient (Wildman–Crippen LogP) is 2.31. The summed E-state index contributed by atoms with van der Waals surface area (Å²) in [5.74, 6) is -0.640. The van der Waals surface area contributed by atoms with Gasteiger partial charge in [-0.1, -0.05) is 12.1 Å². The number of nitrogens with one attached hydrogen (secondary N) is 1. The van der Waals surface area contributed by atoms with Gasteiger partial charge in [0.2, 0.25) is 0 Å². The minimum absolute atomic E-state index is 0. The minimum Gasteiger partial charge on any atom is -0.461 e. The lowest BCUT2D eigenvalue weighted by atomic mass is 10.1. The van der Waals surface area contributed by atoms with Gasteiger partial charge >= 0.3 is 5.97 Å². The van der Waals surface area contributed by atoms with Crippen LogP contribution in [-0.2, 0) is 24.2 Å². The van der Waals surface area contributed by atoms with Gasteiger partial charge in [-0.25, -0.2) is 9.18 Å². The monoisotopic (exact) mass is 339 g/mol. The predicted molar refractivity (Wildman–Crippen MR) is 86.3 cm³/mol. The molecule has 1 aromatic carbocycles. The van der Waals surface area contributed by atoms with Crippen molar-refractivity contribution in [3.8, 4) is 0 Å². The summed E-state index contributed by atoms with van der Waals surface area (Å²) in [7, 11) is 0. The molecule has 0 unspecified atom stereocenters. The molecule has 0 amide bonds. The molecule has 0 fully saturated rings. The molecular weight excluding hydrogens is 321 g/mol.